The zero-order valence-corrected chi connectivity index (χ0v) is 8.87. The van der Waals surface area contributed by atoms with Crippen molar-refractivity contribution in [2.75, 3.05) is 13.1 Å². The van der Waals surface area contributed by atoms with Gasteiger partial charge in [0.15, 0.2) is 0 Å². The zero-order chi connectivity index (χ0) is 9.10. The van der Waals surface area contributed by atoms with Crippen molar-refractivity contribution in [3.63, 3.8) is 0 Å². The predicted molar refractivity (Wildman–Crippen MR) is 55.2 cm³/mol. The highest BCUT2D eigenvalue weighted by Gasteiger charge is 2.21. The van der Waals surface area contributed by atoms with Gasteiger partial charge >= 0.3 is 0 Å². The van der Waals surface area contributed by atoms with Crippen LogP contribution in [-0.2, 0) is 16.6 Å². The van der Waals surface area contributed by atoms with Gasteiger partial charge < -0.3 is 5.32 Å². The van der Waals surface area contributed by atoms with E-state index < -0.39 is 10.8 Å². The van der Waals surface area contributed by atoms with E-state index in [1.54, 1.807) is 16.8 Å². The summed E-state index contributed by atoms with van der Waals surface area (Å²) in [6.45, 7) is 1.92. The van der Waals surface area contributed by atoms with Crippen molar-refractivity contribution in [1.29, 1.82) is 0 Å². The van der Waals surface area contributed by atoms with Crippen molar-refractivity contribution < 1.29 is 4.21 Å². The second kappa shape index (κ2) is 4.30. The van der Waals surface area contributed by atoms with Crippen LogP contribution in [0.15, 0.2) is 11.7 Å². The third-order valence-corrected chi connectivity index (χ3v) is 4.86. The molecule has 0 saturated carbocycles. The summed E-state index contributed by atoms with van der Waals surface area (Å²) < 4.78 is 11.8. The fourth-order valence-corrected chi connectivity index (χ4v) is 3.70. The van der Waals surface area contributed by atoms with Gasteiger partial charge in [0.2, 0.25) is 0 Å². The van der Waals surface area contributed by atoms with Crippen molar-refractivity contribution in [3.05, 3.63) is 16.6 Å². The molecule has 0 aromatic carbocycles. The lowest BCUT2D eigenvalue weighted by Gasteiger charge is -2.05. The largest absolute Gasteiger partial charge is 0.315 e. The number of hydrogen-bond donors (Lipinski definition) is 1. The number of nitrogens with zero attached hydrogens (tertiary/aromatic N) is 1. The Labute approximate surface area is 84.0 Å². The summed E-state index contributed by atoms with van der Waals surface area (Å²) >= 11 is 1.59. The van der Waals surface area contributed by atoms with Gasteiger partial charge in [0.1, 0.15) is 0 Å². The van der Waals surface area contributed by atoms with Crippen LogP contribution in [-0.4, -0.2) is 27.5 Å². The number of aromatic nitrogens is 1. The molecule has 5 heteroatoms. The molecule has 2 heterocycles. The Kier molecular flexibility index (Phi) is 3.08. The van der Waals surface area contributed by atoms with Crippen LogP contribution in [0, 0.1) is 0 Å². The minimum absolute atomic E-state index is 0.349. The molecule has 0 amide bonds. The fourth-order valence-electron chi connectivity index (χ4n) is 1.42. The van der Waals surface area contributed by atoms with Gasteiger partial charge in [0.05, 0.1) is 11.3 Å². The monoisotopic (exact) mass is 216 g/mol. The summed E-state index contributed by atoms with van der Waals surface area (Å²) in [6, 6.07) is 0. The maximum absolute atomic E-state index is 11.8. The highest BCUT2D eigenvalue weighted by Crippen LogP contribution is 2.14. The molecule has 1 aliphatic rings. The molecule has 2 rings (SSSR count). The van der Waals surface area contributed by atoms with Crippen molar-refractivity contribution >= 4 is 22.1 Å². The van der Waals surface area contributed by atoms with E-state index in [2.05, 4.69) is 10.3 Å². The van der Waals surface area contributed by atoms with E-state index in [9.17, 15) is 4.21 Å². The van der Waals surface area contributed by atoms with Crippen LogP contribution >= 0.6 is 11.3 Å². The maximum Gasteiger partial charge on any atom is 0.0794 e. The van der Waals surface area contributed by atoms with Crippen LogP contribution in [0.2, 0.25) is 0 Å². The predicted octanol–water partition coefficient (Wildman–Crippen LogP) is 0.754. The van der Waals surface area contributed by atoms with Gasteiger partial charge in [-0.15, -0.1) is 11.3 Å². The van der Waals surface area contributed by atoms with Crippen LogP contribution in [0.3, 0.4) is 0 Å². The van der Waals surface area contributed by atoms with Gasteiger partial charge in [-0.05, 0) is 13.0 Å². The molecule has 3 nitrogen and oxygen atoms in total. The highest BCUT2D eigenvalue weighted by atomic mass is 32.2. The molecule has 0 aliphatic carbocycles. The van der Waals surface area contributed by atoms with Gasteiger partial charge in [-0.2, -0.15) is 0 Å². The minimum atomic E-state index is -0.717. The summed E-state index contributed by atoms with van der Waals surface area (Å²) in [4.78, 5) is 5.10. The summed E-state index contributed by atoms with van der Waals surface area (Å²) in [7, 11) is -0.717. The molecule has 1 aliphatic heterocycles. The van der Waals surface area contributed by atoms with Crippen LogP contribution in [0.25, 0.3) is 0 Å². The first-order chi connectivity index (χ1) is 6.36. The molecule has 0 unspecified atom stereocenters. The second-order valence-electron chi connectivity index (χ2n) is 3.11. The lowest BCUT2D eigenvalue weighted by molar-refractivity contribution is 0.672. The molecule has 72 valence electrons. The minimum Gasteiger partial charge on any atom is -0.315 e. The van der Waals surface area contributed by atoms with Crippen molar-refractivity contribution in [3.8, 4) is 0 Å². The summed E-state index contributed by atoms with van der Waals surface area (Å²) in [6.07, 6.45) is 2.86. The number of thiazole rings is 1. The Bertz CT molecular complexity index is 280. The van der Waals surface area contributed by atoms with Gasteiger partial charge in [0.25, 0.3) is 0 Å². The molecule has 0 spiro atoms. The first kappa shape index (κ1) is 9.30. The van der Waals surface area contributed by atoms with Crippen molar-refractivity contribution in [1.82, 2.24) is 10.3 Å². The Balaban J connectivity index is 1.91. The quantitative estimate of drug-likeness (QED) is 0.811. The summed E-state index contributed by atoms with van der Waals surface area (Å²) in [5, 5.41) is 3.58. The van der Waals surface area contributed by atoms with Crippen LogP contribution in [0.4, 0.5) is 0 Å². The Hall–Kier alpha value is -0.260. The van der Waals surface area contributed by atoms with E-state index in [-0.39, 0.29) is 0 Å². The summed E-state index contributed by atoms with van der Waals surface area (Å²) in [5.41, 5.74) is 1.79. The normalized spacial score (nSPS) is 24.8. The maximum atomic E-state index is 11.8. The second-order valence-corrected chi connectivity index (χ2v) is 5.80. The molecule has 1 aromatic heterocycles. The Morgan fingerprint density at radius 2 is 2.69 bits per heavy atom. The van der Waals surface area contributed by atoms with Crippen molar-refractivity contribution in [2.45, 2.75) is 17.4 Å². The molecule has 1 fully saturated rings. The third-order valence-electron chi connectivity index (χ3n) is 2.15. The van der Waals surface area contributed by atoms with E-state index in [0.717, 1.165) is 24.4 Å². The Morgan fingerprint density at radius 3 is 3.31 bits per heavy atom. The number of hydrogen-bond acceptors (Lipinski definition) is 4. The van der Waals surface area contributed by atoms with Gasteiger partial charge in [-0.1, -0.05) is 0 Å². The molecule has 1 aromatic rings. The van der Waals surface area contributed by atoms with E-state index in [1.165, 1.54) is 0 Å². The highest BCUT2D eigenvalue weighted by molar-refractivity contribution is 7.85. The average Bonchev–Trinajstić information content (AvgIpc) is 2.74. The zero-order valence-electron chi connectivity index (χ0n) is 7.23. The third kappa shape index (κ3) is 2.36. The Morgan fingerprint density at radius 1 is 1.77 bits per heavy atom. The fraction of sp³-hybridized carbons (Fsp3) is 0.625. The smallest absolute Gasteiger partial charge is 0.0794 e. The van der Waals surface area contributed by atoms with E-state index in [0.29, 0.717) is 11.0 Å². The average molecular weight is 216 g/mol. The first-order valence-corrected chi connectivity index (χ1v) is 6.57. The van der Waals surface area contributed by atoms with Crippen LogP contribution in [0.1, 0.15) is 11.3 Å². The molecule has 0 radical (unpaired) electrons. The molecule has 1 N–H and O–H groups in total. The lowest BCUT2D eigenvalue weighted by atomic mass is 10.4. The number of rotatable bonds is 3. The SMILES string of the molecule is O=[S@@](Cc1cncs1)[C@H]1CCNC1. The first-order valence-electron chi connectivity index (χ1n) is 4.31. The van der Waals surface area contributed by atoms with E-state index in [4.69, 9.17) is 0 Å². The molecule has 0 bridgehead atoms. The molecule has 2 atom stereocenters. The molecule has 1 saturated heterocycles. The van der Waals surface area contributed by atoms with E-state index in [1.807, 2.05) is 6.20 Å². The topological polar surface area (TPSA) is 42.0 Å². The summed E-state index contributed by atoms with van der Waals surface area (Å²) in [5.74, 6) is 0.678. The van der Waals surface area contributed by atoms with Gasteiger partial charge in [-0.3, -0.25) is 9.19 Å². The van der Waals surface area contributed by atoms with E-state index >= 15 is 0 Å². The van der Waals surface area contributed by atoms with Gasteiger partial charge in [0, 0.05) is 33.7 Å². The molecular weight excluding hydrogens is 204 g/mol. The van der Waals surface area contributed by atoms with Gasteiger partial charge in [-0.25, -0.2) is 0 Å². The van der Waals surface area contributed by atoms with Crippen LogP contribution < -0.4 is 5.32 Å². The number of nitrogens with one attached hydrogen (secondary N) is 1. The standard InChI is InChI=1S/C8H12N2OS2/c11-13(8-1-2-9-4-8)5-7-3-10-6-12-7/h3,6,8-9H,1-2,4-5H2/t8-,13-/m0/s1. The lowest BCUT2D eigenvalue weighted by Crippen LogP contribution is -2.19. The van der Waals surface area contributed by atoms with Crippen LogP contribution in [0.5, 0.6) is 0 Å². The van der Waals surface area contributed by atoms with Crippen molar-refractivity contribution in [2.24, 2.45) is 0 Å². The molecular formula is C8H12N2OS2. The molecule has 13 heavy (non-hydrogen) atoms.